The molecule has 0 bridgehead atoms. The molecule has 0 atom stereocenters. The zero-order valence-electron chi connectivity index (χ0n) is 13.7. The quantitative estimate of drug-likeness (QED) is 0.765. The topological polar surface area (TPSA) is 48.8 Å². The highest BCUT2D eigenvalue weighted by Crippen LogP contribution is 2.34. The number of fused-ring (bicyclic) bond motifs is 1. The van der Waals surface area contributed by atoms with E-state index in [2.05, 4.69) is 69.1 Å². The van der Waals surface area contributed by atoms with Gasteiger partial charge in [-0.25, -0.2) is 0 Å². The van der Waals surface area contributed by atoms with E-state index in [1.165, 1.54) is 26.1 Å². The van der Waals surface area contributed by atoms with Crippen molar-refractivity contribution >= 4 is 33.1 Å². The van der Waals surface area contributed by atoms with E-state index in [0.29, 0.717) is 0 Å². The Bertz CT molecular complexity index is 998. The molecule has 3 heterocycles. The van der Waals surface area contributed by atoms with Gasteiger partial charge in [0.15, 0.2) is 0 Å². The van der Waals surface area contributed by atoms with Crippen LogP contribution in [0.15, 0.2) is 58.5 Å². The van der Waals surface area contributed by atoms with Gasteiger partial charge < -0.3 is 10.6 Å². The van der Waals surface area contributed by atoms with Crippen molar-refractivity contribution in [3.63, 3.8) is 0 Å². The second kappa shape index (κ2) is 6.01. The Morgan fingerprint density at radius 2 is 1.36 bits per heavy atom. The molecule has 2 N–H and O–H groups in total. The summed E-state index contributed by atoms with van der Waals surface area (Å²) in [5, 5.41) is 7.94. The van der Waals surface area contributed by atoms with Gasteiger partial charge in [0.05, 0.1) is 13.1 Å². The lowest BCUT2D eigenvalue weighted by molar-refractivity contribution is 0.960. The summed E-state index contributed by atoms with van der Waals surface area (Å²) < 4.78 is 1.31. The van der Waals surface area contributed by atoms with E-state index >= 15 is 0 Å². The van der Waals surface area contributed by atoms with Gasteiger partial charge in [0.1, 0.15) is 11.7 Å². The predicted octanol–water partition coefficient (Wildman–Crippen LogP) is 3.27. The third kappa shape index (κ3) is 2.70. The van der Waals surface area contributed by atoms with Gasteiger partial charge >= 0.3 is 0 Å². The van der Waals surface area contributed by atoms with Crippen molar-refractivity contribution in [2.75, 3.05) is 26.2 Å². The Morgan fingerprint density at radius 3 is 2.04 bits per heavy atom. The molecule has 0 amide bonds. The summed E-state index contributed by atoms with van der Waals surface area (Å²) in [4.78, 5) is 10.3. The molecule has 4 nitrogen and oxygen atoms in total. The molecule has 5 rings (SSSR count). The molecule has 0 saturated heterocycles. The number of thiophene rings is 1. The van der Waals surface area contributed by atoms with Crippen molar-refractivity contribution in [2.45, 2.75) is 0 Å². The number of nitrogens with one attached hydrogen (secondary N) is 2. The van der Waals surface area contributed by atoms with Crippen molar-refractivity contribution in [1.29, 1.82) is 0 Å². The smallest absolute Gasteiger partial charge is 0.128 e. The average Bonchev–Trinajstić information content (AvgIpc) is 3.42. The molecule has 2 aliphatic rings. The first-order valence-corrected chi connectivity index (χ1v) is 9.40. The fourth-order valence-corrected chi connectivity index (χ4v) is 4.36. The van der Waals surface area contributed by atoms with E-state index in [1.54, 1.807) is 0 Å². The van der Waals surface area contributed by atoms with Crippen LogP contribution >= 0.6 is 11.3 Å². The fraction of sp³-hybridized carbons (Fsp3) is 0.200. The summed E-state index contributed by atoms with van der Waals surface area (Å²) in [5.41, 5.74) is 3.59. The van der Waals surface area contributed by atoms with Gasteiger partial charge in [-0.1, -0.05) is 24.3 Å². The number of hydrogen-bond acceptors (Lipinski definition) is 5. The van der Waals surface area contributed by atoms with Gasteiger partial charge in [0, 0.05) is 33.8 Å². The van der Waals surface area contributed by atoms with Crippen molar-refractivity contribution < 1.29 is 0 Å². The summed E-state index contributed by atoms with van der Waals surface area (Å²) in [7, 11) is 0. The summed E-state index contributed by atoms with van der Waals surface area (Å²) >= 11 is 1.83. The largest absolute Gasteiger partial charge is 0.368 e. The van der Waals surface area contributed by atoms with Crippen LogP contribution in [0, 0.1) is 0 Å². The molecule has 5 heteroatoms. The Labute approximate surface area is 150 Å². The molecule has 1 aromatic heterocycles. The van der Waals surface area contributed by atoms with Gasteiger partial charge in [-0.3, -0.25) is 9.98 Å². The van der Waals surface area contributed by atoms with Crippen molar-refractivity contribution in [3.8, 4) is 10.4 Å². The minimum absolute atomic E-state index is 0.870. The summed E-state index contributed by atoms with van der Waals surface area (Å²) in [6, 6.07) is 17.5. The Balaban J connectivity index is 1.48. The van der Waals surface area contributed by atoms with Crippen LogP contribution in [0.4, 0.5) is 0 Å². The number of rotatable bonds is 3. The molecular weight excluding hydrogens is 328 g/mol. The minimum Gasteiger partial charge on any atom is -0.368 e. The number of amidine groups is 2. The molecule has 0 saturated carbocycles. The van der Waals surface area contributed by atoms with Crippen LogP contribution in [-0.4, -0.2) is 37.9 Å². The van der Waals surface area contributed by atoms with Gasteiger partial charge in [0.25, 0.3) is 0 Å². The van der Waals surface area contributed by atoms with Crippen LogP contribution in [0.1, 0.15) is 11.1 Å². The van der Waals surface area contributed by atoms with Gasteiger partial charge in [-0.05, 0) is 35.2 Å². The minimum atomic E-state index is 0.870. The molecule has 25 heavy (non-hydrogen) atoms. The highest BCUT2D eigenvalue weighted by molar-refractivity contribution is 7.22. The normalized spacial score (nSPS) is 16.5. The van der Waals surface area contributed by atoms with Gasteiger partial charge in [-0.15, -0.1) is 11.3 Å². The number of hydrogen-bond donors (Lipinski definition) is 2. The van der Waals surface area contributed by atoms with Gasteiger partial charge in [-0.2, -0.15) is 0 Å². The van der Waals surface area contributed by atoms with E-state index in [4.69, 9.17) is 0 Å². The number of nitrogens with zero attached hydrogens (tertiary/aromatic N) is 2. The van der Waals surface area contributed by atoms with Crippen LogP contribution in [0.25, 0.3) is 20.5 Å². The summed E-state index contributed by atoms with van der Waals surface area (Å²) in [5.74, 6) is 2.03. The fourth-order valence-electron chi connectivity index (χ4n) is 3.31. The first-order chi connectivity index (χ1) is 12.4. The zero-order valence-corrected chi connectivity index (χ0v) is 14.6. The first kappa shape index (κ1) is 14.7. The lowest BCUT2D eigenvalue weighted by Gasteiger charge is -2.03. The number of aliphatic imine (C=N–C) groups is 2. The molecule has 0 spiro atoms. The Morgan fingerprint density at radius 1 is 0.720 bits per heavy atom. The van der Waals surface area contributed by atoms with Crippen LogP contribution in [0.3, 0.4) is 0 Å². The second-order valence-corrected chi connectivity index (χ2v) is 7.34. The lowest BCUT2D eigenvalue weighted by atomic mass is 10.1. The molecule has 0 aliphatic carbocycles. The molecule has 2 aliphatic heterocycles. The lowest BCUT2D eigenvalue weighted by Crippen LogP contribution is -2.19. The Kier molecular flexibility index (Phi) is 3.52. The maximum Gasteiger partial charge on any atom is 0.128 e. The molecule has 0 unspecified atom stereocenters. The zero-order chi connectivity index (χ0) is 16.6. The van der Waals surface area contributed by atoms with Gasteiger partial charge in [0.2, 0.25) is 0 Å². The number of benzene rings is 2. The average molecular weight is 346 g/mol. The van der Waals surface area contributed by atoms with Crippen molar-refractivity contribution in [3.05, 3.63) is 59.7 Å². The standard InChI is InChI=1S/C20H18N4S/c1-3-14(19-21-7-8-22-19)4-2-13(1)18-12-16-11-15(5-6-17(16)25-18)20-23-9-10-24-20/h1-6,11-12H,7-10H2,(H,21,22)(H,23,24). The second-order valence-electron chi connectivity index (χ2n) is 6.25. The summed E-state index contributed by atoms with van der Waals surface area (Å²) in [6.07, 6.45) is 0. The molecule has 0 fully saturated rings. The molecule has 2 aromatic carbocycles. The molecule has 0 radical (unpaired) electrons. The van der Waals surface area contributed by atoms with E-state index in [9.17, 15) is 0 Å². The van der Waals surface area contributed by atoms with E-state index in [1.807, 2.05) is 11.3 Å². The van der Waals surface area contributed by atoms with Crippen LogP contribution in [-0.2, 0) is 0 Å². The monoisotopic (exact) mass is 346 g/mol. The SMILES string of the molecule is c1cc(-c2cc3cc(C4=NCCN4)ccc3s2)ccc1C1=NCCN1. The van der Waals surface area contributed by atoms with Crippen LogP contribution in [0.5, 0.6) is 0 Å². The molecular formula is C20H18N4S. The first-order valence-electron chi connectivity index (χ1n) is 8.58. The Hall–Kier alpha value is -2.66. The summed E-state index contributed by atoms with van der Waals surface area (Å²) in [6.45, 7) is 3.62. The maximum atomic E-state index is 4.52. The highest BCUT2D eigenvalue weighted by Gasteiger charge is 2.12. The molecule has 124 valence electrons. The van der Waals surface area contributed by atoms with Crippen LogP contribution < -0.4 is 10.6 Å². The maximum absolute atomic E-state index is 4.52. The van der Waals surface area contributed by atoms with E-state index < -0.39 is 0 Å². The van der Waals surface area contributed by atoms with Crippen molar-refractivity contribution in [2.24, 2.45) is 9.98 Å². The predicted molar refractivity (Wildman–Crippen MR) is 106 cm³/mol. The van der Waals surface area contributed by atoms with E-state index in [0.717, 1.165) is 43.4 Å². The van der Waals surface area contributed by atoms with Crippen LogP contribution in [0.2, 0.25) is 0 Å². The molecule has 3 aromatic rings. The van der Waals surface area contributed by atoms with E-state index in [-0.39, 0.29) is 0 Å². The third-order valence-electron chi connectivity index (χ3n) is 4.58. The van der Waals surface area contributed by atoms with Crippen molar-refractivity contribution in [1.82, 2.24) is 10.6 Å². The third-order valence-corrected chi connectivity index (χ3v) is 5.75. The highest BCUT2D eigenvalue weighted by atomic mass is 32.1.